The third kappa shape index (κ3) is 4.00. The number of ether oxygens (including phenoxy) is 2. The van der Waals surface area contributed by atoms with E-state index in [4.69, 9.17) is 9.47 Å². The number of phenolic OH excluding ortho intramolecular Hbond substituents is 1. The van der Waals surface area contributed by atoms with E-state index in [1.807, 2.05) is 0 Å². The van der Waals surface area contributed by atoms with Crippen LogP contribution in [0.4, 0.5) is 0 Å². The van der Waals surface area contributed by atoms with Crippen molar-refractivity contribution in [2.75, 3.05) is 13.3 Å². The van der Waals surface area contributed by atoms with Crippen molar-refractivity contribution in [2.45, 2.75) is 44.9 Å². The molecule has 1 heterocycles. The summed E-state index contributed by atoms with van der Waals surface area (Å²) in [7, 11) is 0. The second-order valence-corrected chi connectivity index (χ2v) is 5.33. The summed E-state index contributed by atoms with van der Waals surface area (Å²) in [5, 5.41) is 21.0. The number of rotatable bonds is 8. The van der Waals surface area contributed by atoms with Gasteiger partial charge in [0.05, 0.1) is 5.92 Å². The predicted molar refractivity (Wildman–Crippen MR) is 77.6 cm³/mol. The van der Waals surface area contributed by atoms with Gasteiger partial charge in [-0.2, -0.15) is 0 Å². The molecule has 0 saturated carbocycles. The summed E-state index contributed by atoms with van der Waals surface area (Å²) in [6.07, 6.45) is 4.90. The van der Waals surface area contributed by atoms with E-state index in [-0.39, 0.29) is 29.9 Å². The van der Waals surface area contributed by atoms with Crippen LogP contribution in [0.3, 0.4) is 0 Å². The number of benzene rings is 1. The highest BCUT2D eigenvalue weighted by Gasteiger charge is 2.25. The average Bonchev–Trinajstić information content (AvgIpc) is 2.88. The van der Waals surface area contributed by atoms with Crippen LogP contribution >= 0.6 is 0 Å². The van der Waals surface area contributed by atoms with Gasteiger partial charge in [-0.25, -0.2) is 0 Å². The number of aromatic hydroxyl groups is 1. The van der Waals surface area contributed by atoms with Crippen LogP contribution in [0.5, 0.6) is 17.2 Å². The molecule has 0 aromatic heterocycles. The van der Waals surface area contributed by atoms with Crippen LogP contribution in [-0.4, -0.2) is 23.4 Å². The molecule has 1 N–H and O–H groups in total. The molecular formula is C15H21NO5. The van der Waals surface area contributed by atoms with Gasteiger partial charge in [0.1, 0.15) is 5.75 Å². The minimum Gasteiger partial charge on any atom is -0.508 e. The molecular weight excluding hydrogens is 274 g/mol. The smallest absolute Gasteiger partial charge is 0.231 e. The molecule has 0 fully saturated rings. The van der Waals surface area contributed by atoms with Crippen LogP contribution < -0.4 is 9.47 Å². The molecule has 0 saturated heterocycles. The second kappa shape index (κ2) is 7.15. The molecule has 1 atom stereocenters. The van der Waals surface area contributed by atoms with Gasteiger partial charge in [-0.1, -0.05) is 32.6 Å². The molecule has 0 aliphatic carbocycles. The van der Waals surface area contributed by atoms with E-state index in [1.165, 1.54) is 6.07 Å². The van der Waals surface area contributed by atoms with Crippen molar-refractivity contribution in [3.8, 4) is 17.2 Å². The van der Waals surface area contributed by atoms with Gasteiger partial charge in [0.2, 0.25) is 13.3 Å². The van der Waals surface area contributed by atoms with E-state index >= 15 is 0 Å². The van der Waals surface area contributed by atoms with Crippen LogP contribution in [0, 0.1) is 10.1 Å². The maximum absolute atomic E-state index is 10.9. The van der Waals surface area contributed by atoms with Gasteiger partial charge in [-0.05, 0) is 12.5 Å². The maximum atomic E-state index is 10.9. The molecule has 1 aromatic carbocycles. The molecule has 21 heavy (non-hydrogen) atoms. The average molecular weight is 295 g/mol. The molecule has 1 aliphatic heterocycles. The number of nitrogens with zero attached hydrogens (tertiary/aromatic N) is 1. The highest BCUT2D eigenvalue weighted by molar-refractivity contribution is 5.52. The molecule has 0 bridgehead atoms. The second-order valence-electron chi connectivity index (χ2n) is 5.33. The van der Waals surface area contributed by atoms with E-state index in [0.717, 1.165) is 25.7 Å². The van der Waals surface area contributed by atoms with Gasteiger partial charge in [-0.15, -0.1) is 0 Å². The lowest BCUT2D eigenvalue weighted by Gasteiger charge is -2.15. The van der Waals surface area contributed by atoms with Crippen molar-refractivity contribution in [2.24, 2.45) is 0 Å². The Morgan fingerprint density at radius 3 is 2.67 bits per heavy atom. The summed E-state index contributed by atoms with van der Waals surface area (Å²) in [5.41, 5.74) is 0.576. The monoisotopic (exact) mass is 295 g/mol. The zero-order chi connectivity index (χ0) is 15.2. The largest absolute Gasteiger partial charge is 0.508 e. The minimum absolute atomic E-state index is 0.0431. The first-order chi connectivity index (χ1) is 10.1. The van der Waals surface area contributed by atoms with Crippen molar-refractivity contribution in [3.63, 3.8) is 0 Å². The summed E-state index contributed by atoms with van der Waals surface area (Å²) < 4.78 is 10.5. The first kappa shape index (κ1) is 15.4. The van der Waals surface area contributed by atoms with Crippen molar-refractivity contribution in [1.82, 2.24) is 0 Å². The fourth-order valence-electron chi connectivity index (χ4n) is 2.62. The lowest BCUT2D eigenvalue weighted by atomic mass is 9.92. The topological polar surface area (TPSA) is 81.8 Å². The van der Waals surface area contributed by atoms with E-state index in [2.05, 4.69) is 6.92 Å². The van der Waals surface area contributed by atoms with Crippen LogP contribution in [-0.2, 0) is 0 Å². The van der Waals surface area contributed by atoms with Gasteiger partial charge in [0.15, 0.2) is 11.5 Å². The highest BCUT2D eigenvalue weighted by atomic mass is 16.7. The standard InChI is InChI=1S/C15H21NO5/c1-2-3-4-5-6-11(9-16(18)19)12-7-14-15(8-13(12)17)21-10-20-14/h7-8,11,17H,2-6,9-10H2,1H3/t11-/m1/s1. The normalized spacial score (nSPS) is 14.1. The van der Waals surface area contributed by atoms with Crippen molar-refractivity contribution in [1.29, 1.82) is 0 Å². The zero-order valence-corrected chi connectivity index (χ0v) is 12.2. The SMILES string of the molecule is CCCCCC[C@H](C[N+](=O)[O-])c1cc2c(cc1O)OCO2. The summed E-state index contributed by atoms with van der Waals surface area (Å²) in [6, 6.07) is 3.16. The molecule has 0 spiro atoms. The summed E-state index contributed by atoms with van der Waals surface area (Å²) in [6.45, 7) is 2.06. The van der Waals surface area contributed by atoms with Crippen LogP contribution in [0.25, 0.3) is 0 Å². The van der Waals surface area contributed by atoms with Gasteiger partial charge < -0.3 is 14.6 Å². The number of phenols is 1. The van der Waals surface area contributed by atoms with Gasteiger partial charge in [-0.3, -0.25) is 10.1 Å². The molecule has 0 radical (unpaired) electrons. The van der Waals surface area contributed by atoms with Crippen molar-refractivity contribution < 1.29 is 19.5 Å². The Hall–Kier alpha value is -1.98. The van der Waals surface area contributed by atoms with E-state index in [9.17, 15) is 15.2 Å². The minimum atomic E-state index is -0.325. The first-order valence-electron chi connectivity index (χ1n) is 7.36. The third-order valence-corrected chi connectivity index (χ3v) is 3.74. The Kier molecular flexibility index (Phi) is 5.25. The zero-order valence-electron chi connectivity index (χ0n) is 12.2. The number of unbranched alkanes of at least 4 members (excludes halogenated alkanes) is 3. The van der Waals surface area contributed by atoms with Crippen LogP contribution in [0.2, 0.25) is 0 Å². The predicted octanol–water partition coefficient (Wildman–Crippen LogP) is 3.45. The molecule has 0 amide bonds. The molecule has 0 unspecified atom stereocenters. The molecule has 1 aliphatic rings. The lowest BCUT2D eigenvalue weighted by Crippen LogP contribution is -2.13. The van der Waals surface area contributed by atoms with Crippen molar-refractivity contribution in [3.05, 3.63) is 27.8 Å². The van der Waals surface area contributed by atoms with Gasteiger partial charge in [0.25, 0.3) is 0 Å². The molecule has 2 rings (SSSR count). The fourth-order valence-corrected chi connectivity index (χ4v) is 2.62. The molecule has 1 aromatic rings. The third-order valence-electron chi connectivity index (χ3n) is 3.74. The number of fused-ring (bicyclic) bond motifs is 1. The molecule has 116 valence electrons. The summed E-state index contributed by atoms with van der Waals surface area (Å²) in [4.78, 5) is 10.6. The maximum Gasteiger partial charge on any atom is 0.231 e. The van der Waals surface area contributed by atoms with E-state index in [1.54, 1.807) is 6.07 Å². The van der Waals surface area contributed by atoms with Crippen LogP contribution in [0.15, 0.2) is 12.1 Å². The number of hydrogen-bond acceptors (Lipinski definition) is 5. The highest BCUT2D eigenvalue weighted by Crippen LogP contribution is 2.41. The quantitative estimate of drug-likeness (QED) is 0.451. The van der Waals surface area contributed by atoms with Gasteiger partial charge in [0, 0.05) is 16.6 Å². The fraction of sp³-hybridized carbons (Fsp3) is 0.600. The summed E-state index contributed by atoms with van der Waals surface area (Å²) >= 11 is 0. The molecule has 6 nitrogen and oxygen atoms in total. The van der Waals surface area contributed by atoms with Crippen LogP contribution in [0.1, 0.15) is 50.5 Å². The van der Waals surface area contributed by atoms with E-state index < -0.39 is 0 Å². The number of hydrogen-bond donors (Lipinski definition) is 1. The van der Waals surface area contributed by atoms with Crippen molar-refractivity contribution >= 4 is 0 Å². The Balaban J connectivity index is 2.13. The first-order valence-corrected chi connectivity index (χ1v) is 7.36. The van der Waals surface area contributed by atoms with E-state index in [0.29, 0.717) is 23.5 Å². The Morgan fingerprint density at radius 2 is 2.00 bits per heavy atom. The van der Waals surface area contributed by atoms with Gasteiger partial charge >= 0.3 is 0 Å². The summed E-state index contributed by atoms with van der Waals surface area (Å²) in [5.74, 6) is 0.778. The number of nitro groups is 1. The molecule has 6 heteroatoms. The lowest BCUT2D eigenvalue weighted by molar-refractivity contribution is -0.483. The Morgan fingerprint density at radius 1 is 1.29 bits per heavy atom. The Bertz CT molecular complexity index is 503. The Labute approximate surface area is 123 Å².